The number of rotatable bonds is 6. The van der Waals surface area contributed by atoms with Gasteiger partial charge in [0.2, 0.25) is 0 Å². The molecule has 3 rings (SSSR count). The van der Waals surface area contributed by atoms with E-state index in [4.69, 9.17) is 4.74 Å². The van der Waals surface area contributed by atoms with Crippen LogP contribution in [0.25, 0.3) is 0 Å². The molecule has 0 aromatic carbocycles. The van der Waals surface area contributed by atoms with Gasteiger partial charge in [0.25, 0.3) is 0 Å². The predicted molar refractivity (Wildman–Crippen MR) is 123 cm³/mol. The number of likely N-dealkylation sites (N-methyl/N-ethyl adjacent to an activating group) is 2. The maximum Gasteiger partial charge on any atom is 0.0678 e. The molecule has 3 saturated heterocycles. The second-order valence-electron chi connectivity index (χ2n) is 10.9. The van der Waals surface area contributed by atoms with Crippen molar-refractivity contribution in [3.8, 4) is 0 Å². The SMILES string of the molecule is CCCN1CC[C@@H](C)C(C2CN(CC)C(C3C[C@](C)(OC)CCN3C)C[C@@H]2C)C1. The van der Waals surface area contributed by atoms with Crippen LogP contribution >= 0.6 is 0 Å². The summed E-state index contributed by atoms with van der Waals surface area (Å²) in [5.41, 5.74) is 0.0508. The molecule has 0 radical (unpaired) electrons. The van der Waals surface area contributed by atoms with E-state index in [-0.39, 0.29) is 5.60 Å². The smallest absolute Gasteiger partial charge is 0.0678 e. The van der Waals surface area contributed by atoms with E-state index in [2.05, 4.69) is 56.4 Å². The van der Waals surface area contributed by atoms with Crippen molar-refractivity contribution in [3.05, 3.63) is 0 Å². The fourth-order valence-corrected chi connectivity index (χ4v) is 6.75. The third-order valence-electron chi connectivity index (χ3n) is 8.99. The first-order valence-corrected chi connectivity index (χ1v) is 12.5. The molecular formula is C25H49N3O. The van der Waals surface area contributed by atoms with Gasteiger partial charge >= 0.3 is 0 Å². The van der Waals surface area contributed by atoms with Crippen molar-refractivity contribution in [1.29, 1.82) is 0 Å². The van der Waals surface area contributed by atoms with Gasteiger partial charge in [-0.05, 0) is 89.4 Å². The second-order valence-corrected chi connectivity index (χ2v) is 10.9. The Morgan fingerprint density at radius 3 is 2.38 bits per heavy atom. The molecule has 0 bridgehead atoms. The lowest BCUT2D eigenvalue weighted by molar-refractivity contribution is -0.0918. The normalized spacial score (nSPS) is 43.6. The molecular weight excluding hydrogens is 358 g/mol. The van der Waals surface area contributed by atoms with Crippen LogP contribution in [0.15, 0.2) is 0 Å². The average molecular weight is 408 g/mol. The number of nitrogens with zero attached hydrogens (tertiary/aromatic N) is 3. The maximum atomic E-state index is 5.96. The van der Waals surface area contributed by atoms with Crippen molar-refractivity contribution >= 4 is 0 Å². The van der Waals surface area contributed by atoms with Gasteiger partial charge in [0.1, 0.15) is 0 Å². The van der Waals surface area contributed by atoms with Crippen molar-refractivity contribution in [2.24, 2.45) is 23.7 Å². The van der Waals surface area contributed by atoms with E-state index in [0.29, 0.717) is 12.1 Å². The second kappa shape index (κ2) is 9.97. The summed E-state index contributed by atoms with van der Waals surface area (Å²) >= 11 is 0. The highest BCUT2D eigenvalue weighted by molar-refractivity contribution is 5.00. The van der Waals surface area contributed by atoms with Gasteiger partial charge in [0.05, 0.1) is 5.60 Å². The van der Waals surface area contributed by atoms with Crippen molar-refractivity contribution in [2.45, 2.75) is 84.4 Å². The van der Waals surface area contributed by atoms with Crippen LogP contribution in [0.2, 0.25) is 0 Å². The molecule has 3 heterocycles. The van der Waals surface area contributed by atoms with E-state index in [1.807, 2.05) is 7.11 Å². The fraction of sp³-hybridized carbons (Fsp3) is 1.00. The molecule has 4 nitrogen and oxygen atoms in total. The zero-order chi connectivity index (χ0) is 21.2. The Hall–Kier alpha value is -0.160. The molecule has 0 aromatic rings. The van der Waals surface area contributed by atoms with E-state index in [0.717, 1.165) is 36.6 Å². The van der Waals surface area contributed by atoms with Crippen LogP contribution in [0, 0.1) is 23.7 Å². The Balaban J connectivity index is 1.72. The number of hydrogen-bond donors (Lipinski definition) is 0. The fourth-order valence-electron chi connectivity index (χ4n) is 6.75. The number of piperidine rings is 3. The van der Waals surface area contributed by atoms with E-state index < -0.39 is 0 Å². The Bertz CT molecular complexity index is 514. The quantitative estimate of drug-likeness (QED) is 0.657. The highest BCUT2D eigenvalue weighted by Crippen LogP contribution is 2.42. The summed E-state index contributed by atoms with van der Waals surface area (Å²) in [6, 6.07) is 1.30. The molecule has 4 heteroatoms. The molecule has 4 unspecified atom stereocenters. The Kier molecular flexibility index (Phi) is 8.08. The summed E-state index contributed by atoms with van der Waals surface area (Å²) in [7, 11) is 4.25. The molecule has 0 aliphatic carbocycles. The lowest BCUT2D eigenvalue weighted by Crippen LogP contribution is -2.62. The Morgan fingerprint density at radius 1 is 1.00 bits per heavy atom. The minimum Gasteiger partial charge on any atom is -0.378 e. The average Bonchev–Trinajstić information content (AvgIpc) is 2.71. The molecule has 0 amide bonds. The first-order chi connectivity index (χ1) is 13.8. The van der Waals surface area contributed by atoms with Gasteiger partial charge in [-0.25, -0.2) is 0 Å². The third kappa shape index (κ3) is 5.19. The molecule has 0 aromatic heterocycles. The van der Waals surface area contributed by atoms with Gasteiger partial charge in [-0.1, -0.05) is 27.7 Å². The zero-order valence-corrected chi connectivity index (χ0v) is 20.5. The van der Waals surface area contributed by atoms with Crippen LogP contribution in [0.1, 0.15) is 66.7 Å². The van der Waals surface area contributed by atoms with Crippen molar-refractivity contribution in [3.63, 3.8) is 0 Å². The van der Waals surface area contributed by atoms with Crippen LogP contribution in [0.3, 0.4) is 0 Å². The minimum atomic E-state index is 0.0508. The lowest BCUT2D eigenvalue weighted by Gasteiger charge is -2.54. The largest absolute Gasteiger partial charge is 0.378 e. The molecule has 3 fully saturated rings. The van der Waals surface area contributed by atoms with Crippen LogP contribution in [0.5, 0.6) is 0 Å². The van der Waals surface area contributed by atoms with Crippen molar-refractivity contribution < 1.29 is 4.74 Å². The maximum absolute atomic E-state index is 5.96. The topological polar surface area (TPSA) is 19.0 Å². The highest BCUT2D eigenvalue weighted by Gasteiger charge is 2.46. The first-order valence-electron chi connectivity index (χ1n) is 12.5. The van der Waals surface area contributed by atoms with Crippen molar-refractivity contribution in [1.82, 2.24) is 14.7 Å². The van der Waals surface area contributed by atoms with Crippen LogP contribution in [-0.4, -0.2) is 85.8 Å². The number of ether oxygens (including phenoxy) is 1. The molecule has 29 heavy (non-hydrogen) atoms. The van der Waals surface area contributed by atoms with Gasteiger partial charge in [-0.3, -0.25) is 4.90 Å². The van der Waals surface area contributed by atoms with Gasteiger partial charge in [-0.15, -0.1) is 0 Å². The molecule has 170 valence electrons. The van der Waals surface area contributed by atoms with Gasteiger partial charge in [0, 0.05) is 38.8 Å². The van der Waals surface area contributed by atoms with Gasteiger partial charge in [-0.2, -0.15) is 0 Å². The van der Waals surface area contributed by atoms with Crippen molar-refractivity contribution in [2.75, 3.05) is 53.4 Å². The summed E-state index contributed by atoms with van der Waals surface area (Å²) in [5, 5.41) is 0. The molecule has 0 N–H and O–H groups in total. The summed E-state index contributed by atoms with van der Waals surface area (Å²) < 4.78 is 5.96. The van der Waals surface area contributed by atoms with E-state index in [1.54, 1.807) is 0 Å². The Morgan fingerprint density at radius 2 is 1.72 bits per heavy atom. The zero-order valence-electron chi connectivity index (χ0n) is 20.5. The first kappa shape index (κ1) is 23.5. The van der Waals surface area contributed by atoms with Crippen LogP contribution in [-0.2, 0) is 4.74 Å². The van der Waals surface area contributed by atoms with Crippen LogP contribution < -0.4 is 0 Å². The molecule has 7 atom stereocenters. The molecule has 3 aliphatic rings. The highest BCUT2D eigenvalue weighted by atomic mass is 16.5. The molecule has 0 saturated carbocycles. The van der Waals surface area contributed by atoms with E-state index >= 15 is 0 Å². The van der Waals surface area contributed by atoms with Gasteiger partial charge in [0.15, 0.2) is 0 Å². The summed E-state index contributed by atoms with van der Waals surface area (Å²) in [6.45, 7) is 19.7. The lowest BCUT2D eigenvalue weighted by atomic mass is 9.68. The summed E-state index contributed by atoms with van der Waals surface area (Å²) in [5.74, 6) is 3.41. The van der Waals surface area contributed by atoms with Crippen LogP contribution in [0.4, 0.5) is 0 Å². The van der Waals surface area contributed by atoms with Gasteiger partial charge < -0.3 is 14.5 Å². The predicted octanol–water partition coefficient (Wildman–Crippen LogP) is 4.20. The molecule has 0 spiro atoms. The number of likely N-dealkylation sites (tertiary alicyclic amines) is 3. The standard InChI is InChI=1S/C25H49N3O/c1-8-12-27-13-10-19(3)21(17-27)22-18-28(9-2)23(15-20(22)4)24-16-25(5,29-7)11-14-26(24)6/h19-24H,8-18H2,1-7H3/t19-,20+,21?,22?,23?,24?,25-/m1/s1. The minimum absolute atomic E-state index is 0.0508. The summed E-state index contributed by atoms with van der Waals surface area (Å²) in [6.07, 6.45) is 6.35. The van der Waals surface area contributed by atoms with E-state index in [1.165, 1.54) is 58.4 Å². The Labute approximate surface area is 181 Å². The number of methoxy groups -OCH3 is 1. The van der Waals surface area contributed by atoms with E-state index in [9.17, 15) is 0 Å². The monoisotopic (exact) mass is 407 g/mol. The summed E-state index contributed by atoms with van der Waals surface area (Å²) in [4.78, 5) is 8.23. The molecule has 3 aliphatic heterocycles. The number of hydrogen-bond acceptors (Lipinski definition) is 4. The third-order valence-corrected chi connectivity index (χ3v) is 8.99.